The fourth-order valence-corrected chi connectivity index (χ4v) is 5.54. The van der Waals surface area contributed by atoms with E-state index >= 15 is 0 Å². The number of fused-ring (bicyclic) bond motifs is 4. The first kappa shape index (κ1) is 20.9. The van der Waals surface area contributed by atoms with Crippen molar-refractivity contribution in [3.63, 3.8) is 0 Å². The lowest BCUT2D eigenvalue weighted by Gasteiger charge is -2.23. The van der Waals surface area contributed by atoms with E-state index in [2.05, 4.69) is 131 Å². The summed E-state index contributed by atoms with van der Waals surface area (Å²) in [6, 6.07) is 38.5. The van der Waals surface area contributed by atoms with Crippen LogP contribution < -0.4 is 0 Å². The Balaban J connectivity index is 1.43. The minimum atomic E-state index is -0.0385. The van der Waals surface area contributed by atoms with Crippen molar-refractivity contribution >= 4 is 10.8 Å². The lowest BCUT2D eigenvalue weighted by Crippen LogP contribution is -2.15. The van der Waals surface area contributed by atoms with Crippen molar-refractivity contribution in [1.29, 1.82) is 0 Å². The van der Waals surface area contributed by atoms with E-state index in [1.807, 2.05) is 0 Å². The maximum absolute atomic E-state index is 2.42. The molecule has 0 unspecified atom stereocenters. The minimum Gasteiger partial charge on any atom is -0.0616 e. The summed E-state index contributed by atoms with van der Waals surface area (Å²) in [4.78, 5) is 0. The van der Waals surface area contributed by atoms with E-state index in [0.29, 0.717) is 5.92 Å². The van der Waals surface area contributed by atoms with Crippen LogP contribution in [0.3, 0.4) is 0 Å². The maximum atomic E-state index is 2.42. The molecule has 0 nitrogen and oxygen atoms in total. The third kappa shape index (κ3) is 3.29. The summed E-state index contributed by atoms with van der Waals surface area (Å²) in [5.41, 5.74) is 12.1. The third-order valence-corrected chi connectivity index (χ3v) is 7.65. The molecule has 0 aromatic heterocycles. The maximum Gasteiger partial charge on any atom is 0.0159 e. The standard InChI is InChI=1S/C34H30/c1-22(2)24-10-7-11-26(18-24)28-14-16-30-31-17-15-29(21-33(31)34(3,4)32(30)20-28)27-13-12-23-8-5-6-9-25(23)19-27/h5-22H,1-4H3. The Hall–Kier alpha value is -3.64. The molecule has 0 radical (unpaired) electrons. The van der Waals surface area contributed by atoms with E-state index in [4.69, 9.17) is 0 Å². The van der Waals surface area contributed by atoms with Crippen LogP contribution in [0.25, 0.3) is 44.2 Å². The normalized spacial score (nSPS) is 13.8. The van der Waals surface area contributed by atoms with E-state index in [0.717, 1.165) is 0 Å². The van der Waals surface area contributed by atoms with Crippen LogP contribution in [0.2, 0.25) is 0 Å². The molecule has 0 saturated carbocycles. The van der Waals surface area contributed by atoms with Crippen LogP contribution in [0, 0.1) is 0 Å². The van der Waals surface area contributed by atoms with Crippen LogP contribution in [0.1, 0.15) is 50.3 Å². The van der Waals surface area contributed by atoms with Crippen LogP contribution in [0.15, 0.2) is 103 Å². The van der Waals surface area contributed by atoms with Crippen LogP contribution >= 0.6 is 0 Å². The fourth-order valence-electron chi connectivity index (χ4n) is 5.54. The summed E-state index contributed by atoms with van der Waals surface area (Å²) in [6.07, 6.45) is 0. The van der Waals surface area contributed by atoms with Gasteiger partial charge in [-0.3, -0.25) is 0 Å². The Morgan fingerprint density at radius 1 is 0.500 bits per heavy atom. The topological polar surface area (TPSA) is 0 Å². The second kappa shape index (κ2) is 7.71. The molecule has 6 rings (SSSR count). The molecule has 0 amide bonds. The van der Waals surface area contributed by atoms with Gasteiger partial charge < -0.3 is 0 Å². The quantitative estimate of drug-likeness (QED) is 0.263. The molecule has 0 spiro atoms. The summed E-state index contributed by atoms with van der Waals surface area (Å²) in [5.74, 6) is 0.531. The van der Waals surface area contributed by atoms with E-state index in [1.54, 1.807) is 0 Å². The monoisotopic (exact) mass is 438 g/mol. The summed E-state index contributed by atoms with van der Waals surface area (Å²) in [7, 11) is 0. The van der Waals surface area contributed by atoms with Gasteiger partial charge in [0.1, 0.15) is 0 Å². The average molecular weight is 439 g/mol. The van der Waals surface area contributed by atoms with Crippen molar-refractivity contribution in [2.75, 3.05) is 0 Å². The Labute approximate surface area is 202 Å². The molecule has 5 aromatic carbocycles. The molecule has 0 saturated heterocycles. The largest absolute Gasteiger partial charge is 0.0616 e. The molecule has 0 heteroatoms. The highest BCUT2D eigenvalue weighted by molar-refractivity contribution is 5.89. The Bertz CT molecular complexity index is 1550. The molecular weight excluding hydrogens is 408 g/mol. The molecule has 34 heavy (non-hydrogen) atoms. The average Bonchev–Trinajstić information content (AvgIpc) is 3.09. The fraction of sp³-hybridized carbons (Fsp3) is 0.176. The van der Waals surface area contributed by atoms with Crippen LogP contribution in [-0.2, 0) is 5.41 Å². The van der Waals surface area contributed by atoms with Crippen molar-refractivity contribution in [3.8, 4) is 33.4 Å². The molecular formula is C34H30. The van der Waals surface area contributed by atoms with Crippen LogP contribution in [-0.4, -0.2) is 0 Å². The Morgan fingerprint density at radius 2 is 1.06 bits per heavy atom. The van der Waals surface area contributed by atoms with E-state index in [-0.39, 0.29) is 5.41 Å². The van der Waals surface area contributed by atoms with Gasteiger partial charge in [0.2, 0.25) is 0 Å². The second-order valence-electron chi connectivity index (χ2n) is 10.5. The molecule has 0 aliphatic heterocycles. The van der Waals surface area contributed by atoms with Gasteiger partial charge in [-0.05, 0) is 85.0 Å². The first-order chi connectivity index (χ1) is 16.4. The van der Waals surface area contributed by atoms with Crippen molar-refractivity contribution in [2.24, 2.45) is 0 Å². The van der Waals surface area contributed by atoms with Gasteiger partial charge in [0.05, 0.1) is 0 Å². The van der Waals surface area contributed by atoms with Crippen LogP contribution in [0.4, 0.5) is 0 Å². The zero-order valence-corrected chi connectivity index (χ0v) is 20.4. The van der Waals surface area contributed by atoms with Gasteiger partial charge in [0.25, 0.3) is 0 Å². The molecule has 0 atom stereocenters. The van der Waals surface area contributed by atoms with Crippen LogP contribution in [0.5, 0.6) is 0 Å². The first-order valence-electron chi connectivity index (χ1n) is 12.3. The first-order valence-corrected chi connectivity index (χ1v) is 12.3. The molecule has 1 aliphatic rings. The van der Waals surface area contributed by atoms with Gasteiger partial charge in [-0.1, -0.05) is 113 Å². The Kier molecular flexibility index (Phi) is 4.74. The number of benzene rings is 5. The molecule has 0 fully saturated rings. The highest BCUT2D eigenvalue weighted by atomic mass is 14.4. The van der Waals surface area contributed by atoms with Gasteiger partial charge in [0.15, 0.2) is 0 Å². The van der Waals surface area contributed by atoms with Crippen molar-refractivity contribution in [3.05, 3.63) is 120 Å². The number of hydrogen-bond donors (Lipinski definition) is 0. The molecule has 0 heterocycles. The van der Waals surface area contributed by atoms with E-state index in [1.165, 1.54) is 60.8 Å². The number of hydrogen-bond acceptors (Lipinski definition) is 0. The zero-order valence-electron chi connectivity index (χ0n) is 20.4. The van der Waals surface area contributed by atoms with E-state index < -0.39 is 0 Å². The van der Waals surface area contributed by atoms with Crippen molar-refractivity contribution < 1.29 is 0 Å². The molecule has 5 aromatic rings. The van der Waals surface area contributed by atoms with Gasteiger partial charge in [-0.2, -0.15) is 0 Å². The molecule has 0 bridgehead atoms. The molecule has 1 aliphatic carbocycles. The zero-order chi connectivity index (χ0) is 23.4. The lowest BCUT2D eigenvalue weighted by atomic mass is 9.80. The highest BCUT2D eigenvalue weighted by Crippen LogP contribution is 2.50. The van der Waals surface area contributed by atoms with E-state index in [9.17, 15) is 0 Å². The molecule has 166 valence electrons. The Morgan fingerprint density at radius 3 is 1.71 bits per heavy atom. The van der Waals surface area contributed by atoms with Gasteiger partial charge in [-0.25, -0.2) is 0 Å². The van der Waals surface area contributed by atoms with Gasteiger partial charge in [-0.15, -0.1) is 0 Å². The van der Waals surface area contributed by atoms with Gasteiger partial charge in [0, 0.05) is 5.41 Å². The summed E-state index contributed by atoms with van der Waals surface area (Å²) in [5, 5.41) is 2.57. The third-order valence-electron chi connectivity index (χ3n) is 7.65. The summed E-state index contributed by atoms with van der Waals surface area (Å²) >= 11 is 0. The SMILES string of the molecule is CC(C)c1cccc(-c2ccc3c(c2)C(C)(C)c2cc(-c4ccc5ccccc5c4)ccc2-3)c1. The lowest BCUT2D eigenvalue weighted by molar-refractivity contribution is 0.661. The van der Waals surface area contributed by atoms with Gasteiger partial charge >= 0.3 is 0 Å². The molecule has 0 N–H and O–H groups in total. The smallest absolute Gasteiger partial charge is 0.0159 e. The number of rotatable bonds is 3. The second-order valence-corrected chi connectivity index (χ2v) is 10.5. The predicted octanol–water partition coefficient (Wildman–Crippen LogP) is 9.60. The summed E-state index contributed by atoms with van der Waals surface area (Å²) in [6.45, 7) is 9.26. The highest BCUT2D eigenvalue weighted by Gasteiger charge is 2.35. The minimum absolute atomic E-state index is 0.0385. The predicted molar refractivity (Wildman–Crippen MR) is 146 cm³/mol. The summed E-state index contributed by atoms with van der Waals surface area (Å²) < 4.78 is 0. The van der Waals surface area contributed by atoms with Crippen molar-refractivity contribution in [2.45, 2.75) is 39.0 Å². The van der Waals surface area contributed by atoms with Crippen molar-refractivity contribution in [1.82, 2.24) is 0 Å².